The smallest absolute Gasteiger partial charge is 0.244 e. The molecule has 0 aliphatic carbocycles. The van der Waals surface area contributed by atoms with Crippen molar-refractivity contribution in [1.29, 1.82) is 0 Å². The molecule has 5 nitrogen and oxygen atoms in total. The van der Waals surface area contributed by atoms with E-state index < -0.39 is 0 Å². The predicted octanol–water partition coefficient (Wildman–Crippen LogP) is 5.65. The number of halogens is 1. The zero-order valence-corrected chi connectivity index (χ0v) is 18.8. The molecule has 0 spiro atoms. The Labute approximate surface area is 197 Å². The molecule has 4 rings (SSSR count). The maximum absolute atomic E-state index is 13.0. The van der Waals surface area contributed by atoms with E-state index in [9.17, 15) is 9.18 Å². The van der Waals surface area contributed by atoms with Crippen LogP contribution in [0.5, 0.6) is 11.5 Å². The number of nitrogens with zero attached hydrogens (tertiary/aromatic N) is 1. The fourth-order valence-electron chi connectivity index (χ4n) is 3.49. The van der Waals surface area contributed by atoms with Gasteiger partial charge in [-0.3, -0.25) is 4.79 Å². The van der Waals surface area contributed by atoms with Gasteiger partial charge in [0.15, 0.2) is 11.5 Å². The Balaban J connectivity index is 1.37. The Kier molecular flexibility index (Phi) is 7.50. The van der Waals surface area contributed by atoms with Crippen molar-refractivity contribution in [2.24, 2.45) is 5.10 Å². The summed E-state index contributed by atoms with van der Waals surface area (Å²) in [5.74, 6) is 0.609. The van der Waals surface area contributed by atoms with Crippen LogP contribution in [-0.2, 0) is 17.8 Å². The van der Waals surface area contributed by atoms with E-state index in [-0.39, 0.29) is 18.1 Å². The van der Waals surface area contributed by atoms with Crippen LogP contribution < -0.4 is 14.9 Å². The second kappa shape index (κ2) is 11.1. The van der Waals surface area contributed by atoms with Crippen LogP contribution in [0.3, 0.4) is 0 Å². The van der Waals surface area contributed by atoms with Gasteiger partial charge in [0.25, 0.3) is 0 Å². The van der Waals surface area contributed by atoms with Gasteiger partial charge in [-0.15, -0.1) is 0 Å². The van der Waals surface area contributed by atoms with Crippen molar-refractivity contribution < 1.29 is 18.7 Å². The highest BCUT2D eigenvalue weighted by atomic mass is 19.1. The fourth-order valence-corrected chi connectivity index (χ4v) is 3.49. The number of ether oxygens (including phenoxy) is 2. The molecule has 1 N–H and O–H groups in total. The zero-order valence-electron chi connectivity index (χ0n) is 18.8. The number of benzene rings is 4. The van der Waals surface area contributed by atoms with Crippen molar-refractivity contribution in [2.45, 2.75) is 20.0 Å². The van der Waals surface area contributed by atoms with Crippen LogP contribution in [0.4, 0.5) is 4.39 Å². The lowest BCUT2D eigenvalue weighted by molar-refractivity contribution is -0.120. The van der Waals surface area contributed by atoms with Crippen LogP contribution in [0.1, 0.15) is 23.6 Å². The van der Waals surface area contributed by atoms with Crippen LogP contribution >= 0.6 is 0 Å². The van der Waals surface area contributed by atoms with Crippen molar-refractivity contribution in [3.05, 3.63) is 107 Å². The van der Waals surface area contributed by atoms with E-state index in [4.69, 9.17) is 9.47 Å². The van der Waals surface area contributed by atoms with Gasteiger partial charge in [-0.25, -0.2) is 9.82 Å². The normalized spacial score (nSPS) is 11.0. The van der Waals surface area contributed by atoms with Gasteiger partial charge >= 0.3 is 0 Å². The van der Waals surface area contributed by atoms with E-state index in [0.717, 1.165) is 11.1 Å². The second-order valence-corrected chi connectivity index (χ2v) is 7.71. The second-order valence-electron chi connectivity index (χ2n) is 7.71. The summed E-state index contributed by atoms with van der Waals surface area (Å²) in [6.45, 7) is 2.81. The van der Waals surface area contributed by atoms with Crippen molar-refractivity contribution in [3.63, 3.8) is 0 Å². The molecular weight excluding hydrogens is 431 g/mol. The molecule has 0 aromatic heterocycles. The van der Waals surface area contributed by atoms with E-state index in [1.807, 2.05) is 37.3 Å². The van der Waals surface area contributed by atoms with E-state index in [0.29, 0.717) is 30.3 Å². The summed E-state index contributed by atoms with van der Waals surface area (Å²) in [4.78, 5) is 12.0. The number of hydrogen-bond donors (Lipinski definition) is 1. The molecule has 0 atom stereocenters. The topological polar surface area (TPSA) is 59.9 Å². The van der Waals surface area contributed by atoms with Crippen LogP contribution in [0, 0.1) is 5.82 Å². The Morgan fingerprint density at radius 3 is 2.44 bits per heavy atom. The summed E-state index contributed by atoms with van der Waals surface area (Å²) < 4.78 is 24.8. The van der Waals surface area contributed by atoms with Crippen LogP contribution in [0.25, 0.3) is 10.8 Å². The van der Waals surface area contributed by atoms with Crippen LogP contribution in [0.15, 0.2) is 90.0 Å². The number of nitrogens with one attached hydrogen (secondary N) is 1. The fraction of sp³-hybridized carbons (Fsp3) is 0.143. The van der Waals surface area contributed by atoms with Gasteiger partial charge in [-0.2, -0.15) is 5.10 Å². The molecule has 1 amide bonds. The number of hydrogen-bond acceptors (Lipinski definition) is 4. The van der Waals surface area contributed by atoms with E-state index >= 15 is 0 Å². The van der Waals surface area contributed by atoms with Gasteiger partial charge in [-0.1, -0.05) is 48.5 Å². The first-order valence-corrected chi connectivity index (χ1v) is 11.0. The van der Waals surface area contributed by atoms with Crippen molar-refractivity contribution in [1.82, 2.24) is 5.43 Å². The van der Waals surface area contributed by atoms with Crippen LogP contribution in [-0.4, -0.2) is 18.7 Å². The SMILES string of the molecule is CCOc1cc(/C=N/NC(=O)Cc2ccc(F)cc2)ccc1OCc1ccc2ccccc2c1. The molecule has 0 saturated carbocycles. The van der Waals surface area contributed by atoms with Crippen molar-refractivity contribution in [3.8, 4) is 11.5 Å². The molecule has 172 valence electrons. The van der Waals surface area contributed by atoms with Gasteiger partial charge in [0.2, 0.25) is 5.91 Å². The highest BCUT2D eigenvalue weighted by Gasteiger charge is 2.08. The monoisotopic (exact) mass is 456 g/mol. The molecule has 0 aliphatic heterocycles. The van der Waals surface area contributed by atoms with Gasteiger partial charge in [-0.05, 0) is 70.8 Å². The van der Waals surface area contributed by atoms with Gasteiger partial charge < -0.3 is 9.47 Å². The first kappa shape index (κ1) is 23.0. The Hall–Kier alpha value is -4.19. The third-order valence-corrected chi connectivity index (χ3v) is 5.16. The van der Waals surface area contributed by atoms with E-state index in [1.54, 1.807) is 12.1 Å². The predicted molar refractivity (Wildman–Crippen MR) is 132 cm³/mol. The molecular formula is C28H25FN2O3. The minimum Gasteiger partial charge on any atom is -0.490 e. The number of carbonyl (C=O) groups excluding carboxylic acids is 1. The third kappa shape index (κ3) is 6.19. The minimum absolute atomic E-state index is 0.114. The summed E-state index contributed by atoms with van der Waals surface area (Å²) in [6, 6.07) is 25.7. The summed E-state index contributed by atoms with van der Waals surface area (Å²) in [7, 11) is 0. The maximum Gasteiger partial charge on any atom is 0.244 e. The molecule has 0 bridgehead atoms. The number of carbonyl (C=O) groups is 1. The van der Waals surface area contributed by atoms with Gasteiger partial charge in [0.05, 0.1) is 19.2 Å². The van der Waals surface area contributed by atoms with E-state index in [2.05, 4.69) is 40.9 Å². The molecule has 0 radical (unpaired) electrons. The number of rotatable bonds is 9. The summed E-state index contributed by atoms with van der Waals surface area (Å²) >= 11 is 0. The number of hydrazone groups is 1. The first-order valence-electron chi connectivity index (χ1n) is 11.0. The standard InChI is InChI=1S/C28H25FN2O3/c1-2-33-27-16-21(18-30-31-28(32)17-20-8-12-25(29)13-9-20)10-14-26(27)34-19-22-7-11-23-5-3-4-6-24(23)15-22/h3-16,18H,2,17,19H2,1H3,(H,31,32)/b30-18+. The molecule has 0 heterocycles. The molecule has 4 aromatic carbocycles. The highest BCUT2D eigenvalue weighted by Crippen LogP contribution is 2.29. The molecule has 0 saturated heterocycles. The largest absolute Gasteiger partial charge is 0.490 e. The van der Waals surface area contributed by atoms with Gasteiger partial charge in [0, 0.05) is 0 Å². The molecule has 4 aromatic rings. The summed E-state index contributed by atoms with van der Waals surface area (Å²) in [5.41, 5.74) is 5.01. The summed E-state index contributed by atoms with van der Waals surface area (Å²) in [5, 5.41) is 6.37. The number of amides is 1. The molecule has 34 heavy (non-hydrogen) atoms. The lowest BCUT2D eigenvalue weighted by atomic mass is 10.1. The van der Waals surface area contributed by atoms with Gasteiger partial charge in [0.1, 0.15) is 12.4 Å². The van der Waals surface area contributed by atoms with Crippen molar-refractivity contribution >= 4 is 22.9 Å². The third-order valence-electron chi connectivity index (χ3n) is 5.16. The number of fused-ring (bicyclic) bond motifs is 1. The molecule has 0 aliphatic rings. The van der Waals surface area contributed by atoms with Crippen LogP contribution in [0.2, 0.25) is 0 Å². The first-order chi connectivity index (χ1) is 16.6. The molecule has 6 heteroatoms. The zero-order chi connectivity index (χ0) is 23.8. The highest BCUT2D eigenvalue weighted by molar-refractivity contribution is 5.84. The minimum atomic E-state index is -0.336. The summed E-state index contributed by atoms with van der Waals surface area (Å²) in [6.07, 6.45) is 1.65. The van der Waals surface area contributed by atoms with E-state index in [1.165, 1.54) is 29.1 Å². The average molecular weight is 457 g/mol. The Morgan fingerprint density at radius 2 is 1.65 bits per heavy atom. The lowest BCUT2D eigenvalue weighted by Gasteiger charge is -2.13. The Bertz CT molecular complexity index is 1300. The van der Waals surface area contributed by atoms with Crippen molar-refractivity contribution in [2.75, 3.05) is 6.61 Å². The lowest BCUT2D eigenvalue weighted by Crippen LogP contribution is -2.19. The average Bonchev–Trinajstić information content (AvgIpc) is 2.85. The quantitative estimate of drug-likeness (QED) is 0.262. The maximum atomic E-state index is 13.0. The Morgan fingerprint density at radius 1 is 0.882 bits per heavy atom. The molecule has 0 fully saturated rings. The molecule has 0 unspecified atom stereocenters.